The topological polar surface area (TPSA) is 47.6 Å². The lowest BCUT2D eigenvalue weighted by Crippen LogP contribution is -2.31. The Balaban J connectivity index is 2.14. The molecule has 1 N–H and O–H groups in total. The van der Waals surface area contributed by atoms with Gasteiger partial charge in [0.25, 0.3) is 0 Å². The molecule has 5 heteroatoms. The van der Waals surface area contributed by atoms with Crippen LogP contribution in [0.25, 0.3) is 0 Å². The van der Waals surface area contributed by atoms with Crippen LogP contribution in [0.4, 0.5) is 0 Å². The molecule has 4 nitrogen and oxygen atoms in total. The molecule has 0 bridgehead atoms. The molecule has 1 atom stereocenters. The van der Waals surface area contributed by atoms with Crippen LogP contribution in [0.15, 0.2) is 48.5 Å². The summed E-state index contributed by atoms with van der Waals surface area (Å²) in [5.41, 5.74) is 2.20. The second-order valence-corrected chi connectivity index (χ2v) is 7.87. The molecule has 0 aliphatic carbocycles. The number of methoxy groups -OCH3 is 2. The van der Waals surface area contributed by atoms with Crippen molar-refractivity contribution in [1.29, 1.82) is 0 Å². The van der Waals surface area contributed by atoms with Crippen molar-refractivity contribution >= 4 is 17.7 Å². The van der Waals surface area contributed by atoms with Crippen molar-refractivity contribution in [2.45, 2.75) is 31.6 Å². The molecule has 0 fully saturated rings. The smallest absolute Gasteiger partial charge is 0.230 e. The minimum atomic E-state index is -0.0884. The normalized spacial score (nSPS) is 11.9. The highest BCUT2D eigenvalue weighted by atomic mass is 32.2. The number of benzene rings is 2. The molecule has 0 saturated carbocycles. The third-order valence-corrected chi connectivity index (χ3v) is 5.10. The van der Waals surface area contributed by atoms with Gasteiger partial charge in [0, 0.05) is 0 Å². The molecular formula is C21H27NO3S. The maximum atomic E-state index is 12.4. The average molecular weight is 374 g/mol. The third kappa shape index (κ3) is 6.30. The van der Waals surface area contributed by atoms with E-state index in [9.17, 15) is 4.79 Å². The van der Waals surface area contributed by atoms with Crippen LogP contribution in [0, 0.1) is 0 Å². The van der Waals surface area contributed by atoms with Crippen LogP contribution in [0.1, 0.15) is 31.0 Å². The van der Waals surface area contributed by atoms with Gasteiger partial charge in [-0.2, -0.15) is 0 Å². The van der Waals surface area contributed by atoms with Crippen LogP contribution in [0.5, 0.6) is 11.5 Å². The minimum absolute atomic E-state index is 0.0537. The van der Waals surface area contributed by atoms with E-state index in [1.54, 1.807) is 26.0 Å². The number of amides is 1. The number of rotatable bonds is 9. The fourth-order valence-electron chi connectivity index (χ4n) is 2.56. The number of hydrogen-bond donors (Lipinski definition) is 1. The molecule has 1 amide bonds. The standard InChI is InChI=1S/C21H27NO3S/c1-15(2)26-14-21(23)22-20(17-7-11-19(25-4)12-8-17)13-16-5-9-18(24-3)10-6-16/h5-12,15,20H,13-14H2,1-4H3,(H,22,23). The van der Waals surface area contributed by atoms with Crippen LogP contribution in [0.3, 0.4) is 0 Å². The van der Waals surface area contributed by atoms with Gasteiger partial charge in [0.05, 0.1) is 26.0 Å². The van der Waals surface area contributed by atoms with Crippen molar-refractivity contribution in [3.63, 3.8) is 0 Å². The molecule has 0 radical (unpaired) electrons. The van der Waals surface area contributed by atoms with E-state index in [-0.39, 0.29) is 11.9 Å². The van der Waals surface area contributed by atoms with E-state index in [1.807, 2.05) is 48.5 Å². The maximum absolute atomic E-state index is 12.4. The van der Waals surface area contributed by atoms with Crippen molar-refractivity contribution in [2.24, 2.45) is 0 Å². The van der Waals surface area contributed by atoms with Gasteiger partial charge < -0.3 is 14.8 Å². The molecule has 0 aliphatic rings. The fraction of sp³-hybridized carbons (Fsp3) is 0.381. The van der Waals surface area contributed by atoms with Crippen molar-refractivity contribution in [3.05, 3.63) is 59.7 Å². The molecule has 0 heterocycles. The molecule has 2 rings (SSSR count). The molecule has 1 unspecified atom stereocenters. The van der Waals surface area contributed by atoms with E-state index in [0.29, 0.717) is 17.4 Å². The van der Waals surface area contributed by atoms with Gasteiger partial charge in [0.15, 0.2) is 0 Å². The van der Waals surface area contributed by atoms with Crippen LogP contribution >= 0.6 is 11.8 Å². The molecule has 0 aliphatic heterocycles. The van der Waals surface area contributed by atoms with Crippen LogP contribution < -0.4 is 14.8 Å². The van der Waals surface area contributed by atoms with Gasteiger partial charge in [0.1, 0.15) is 11.5 Å². The largest absolute Gasteiger partial charge is 0.497 e. The Kier molecular flexibility index (Phi) is 7.85. The zero-order chi connectivity index (χ0) is 18.9. The van der Waals surface area contributed by atoms with Crippen molar-refractivity contribution < 1.29 is 14.3 Å². The Morgan fingerprint density at radius 2 is 1.50 bits per heavy atom. The molecule has 2 aromatic rings. The molecule has 26 heavy (non-hydrogen) atoms. The van der Waals surface area contributed by atoms with Crippen LogP contribution in [0.2, 0.25) is 0 Å². The summed E-state index contributed by atoms with van der Waals surface area (Å²) in [6, 6.07) is 15.7. The summed E-state index contributed by atoms with van der Waals surface area (Å²) in [6.07, 6.45) is 0.717. The molecular weight excluding hydrogens is 346 g/mol. The first kappa shape index (κ1) is 20.2. The minimum Gasteiger partial charge on any atom is -0.497 e. The summed E-state index contributed by atoms with van der Waals surface area (Å²) >= 11 is 1.65. The van der Waals surface area contributed by atoms with Crippen molar-refractivity contribution in [3.8, 4) is 11.5 Å². The quantitative estimate of drug-likeness (QED) is 0.714. The number of carbonyl (C=O) groups excluding carboxylic acids is 1. The first-order valence-electron chi connectivity index (χ1n) is 8.69. The molecule has 0 saturated heterocycles. The zero-order valence-corrected chi connectivity index (χ0v) is 16.6. The predicted octanol–water partition coefficient (Wildman–Crippen LogP) is 4.25. The summed E-state index contributed by atoms with van der Waals surface area (Å²) in [5.74, 6) is 2.15. The third-order valence-electron chi connectivity index (χ3n) is 4.00. The lowest BCUT2D eigenvalue weighted by atomic mass is 9.98. The van der Waals surface area contributed by atoms with E-state index in [4.69, 9.17) is 9.47 Å². The van der Waals surface area contributed by atoms with Gasteiger partial charge in [-0.15, -0.1) is 11.8 Å². The number of thioether (sulfide) groups is 1. The van der Waals surface area contributed by atoms with Crippen molar-refractivity contribution in [2.75, 3.05) is 20.0 Å². The maximum Gasteiger partial charge on any atom is 0.230 e. The molecule has 0 aromatic heterocycles. The average Bonchev–Trinajstić information content (AvgIpc) is 2.66. The summed E-state index contributed by atoms with van der Waals surface area (Å²) in [5, 5.41) is 3.60. The van der Waals surface area contributed by atoms with Gasteiger partial charge >= 0.3 is 0 Å². The first-order chi connectivity index (χ1) is 12.5. The molecule has 0 spiro atoms. The lowest BCUT2D eigenvalue weighted by molar-refractivity contribution is -0.119. The molecule has 140 valence electrons. The highest BCUT2D eigenvalue weighted by Gasteiger charge is 2.16. The Hall–Kier alpha value is -2.14. The van der Waals surface area contributed by atoms with E-state index in [0.717, 1.165) is 22.6 Å². The highest BCUT2D eigenvalue weighted by molar-refractivity contribution is 8.00. The SMILES string of the molecule is COc1ccc(CC(NC(=O)CSC(C)C)c2ccc(OC)cc2)cc1. The van der Waals surface area contributed by atoms with Gasteiger partial charge in [-0.3, -0.25) is 4.79 Å². The highest BCUT2D eigenvalue weighted by Crippen LogP contribution is 2.23. The van der Waals surface area contributed by atoms with E-state index >= 15 is 0 Å². The fourth-order valence-corrected chi connectivity index (χ4v) is 3.13. The Labute approximate surface area is 160 Å². The number of nitrogens with one attached hydrogen (secondary N) is 1. The Bertz CT molecular complexity index is 683. The Morgan fingerprint density at radius 1 is 0.962 bits per heavy atom. The second-order valence-electron chi connectivity index (χ2n) is 6.31. The monoisotopic (exact) mass is 373 g/mol. The molecule has 2 aromatic carbocycles. The van der Waals surface area contributed by atoms with Gasteiger partial charge in [-0.05, 0) is 47.1 Å². The number of carbonyl (C=O) groups is 1. The van der Waals surface area contributed by atoms with Gasteiger partial charge in [-0.1, -0.05) is 38.1 Å². The summed E-state index contributed by atoms with van der Waals surface area (Å²) in [6.45, 7) is 4.19. The summed E-state index contributed by atoms with van der Waals surface area (Å²) in [7, 11) is 3.30. The zero-order valence-electron chi connectivity index (χ0n) is 15.8. The summed E-state index contributed by atoms with van der Waals surface area (Å²) in [4.78, 5) is 12.4. The van der Waals surface area contributed by atoms with Crippen LogP contribution in [-0.4, -0.2) is 31.1 Å². The first-order valence-corrected chi connectivity index (χ1v) is 9.74. The number of ether oxygens (including phenoxy) is 2. The Morgan fingerprint density at radius 3 is 2.00 bits per heavy atom. The van der Waals surface area contributed by atoms with Crippen molar-refractivity contribution in [1.82, 2.24) is 5.32 Å². The second kappa shape index (κ2) is 10.1. The van der Waals surface area contributed by atoms with Crippen LogP contribution in [-0.2, 0) is 11.2 Å². The number of hydrogen-bond acceptors (Lipinski definition) is 4. The van der Waals surface area contributed by atoms with E-state index < -0.39 is 0 Å². The summed E-state index contributed by atoms with van der Waals surface area (Å²) < 4.78 is 10.5. The predicted molar refractivity (Wildman–Crippen MR) is 108 cm³/mol. The lowest BCUT2D eigenvalue weighted by Gasteiger charge is -2.20. The van der Waals surface area contributed by atoms with E-state index in [2.05, 4.69) is 19.2 Å². The van der Waals surface area contributed by atoms with E-state index in [1.165, 1.54) is 0 Å². The van der Waals surface area contributed by atoms with Gasteiger partial charge in [-0.25, -0.2) is 0 Å². The van der Waals surface area contributed by atoms with Gasteiger partial charge in [0.2, 0.25) is 5.91 Å².